The third kappa shape index (κ3) is 13.4. The van der Waals surface area contributed by atoms with E-state index in [1.54, 1.807) is 0 Å². The molecule has 19 heteroatoms. The molecule has 0 radical (unpaired) electrons. The van der Waals surface area contributed by atoms with E-state index in [4.69, 9.17) is 4.74 Å². The molecule has 260 valence electrons. The number of carbonyl (C=O) groups is 1. The number of carbonyl (C=O) groups excluding carboxylic acids is 1. The zero-order valence-electron chi connectivity index (χ0n) is 26.2. The van der Waals surface area contributed by atoms with Gasteiger partial charge in [0.1, 0.15) is 18.5 Å². The normalized spacial score (nSPS) is 13.6. The molecule has 0 saturated heterocycles. The Bertz CT molecular complexity index is 1510. The number of aliphatic hydroxyl groups excluding tert-OH is 2. The van der Waals surface area contributed by atoms with Gasteiger partial charge in [-0.3, -0.25) is 4.79 Å². The maximum absolute atomic E-state index is 13.7. The first-order chi connectivity index (χ1) is 22.0. The highest BCUT2D eigenvalue weighted by Crippen LogP contribution is 2.31. The third-order valence-corrected chi connectivity index (χ3v) is 7.75. The molecule has 1 aromatic carbocycles. The largest absolute Gasteiger partial charge is 0.466 e. The van der Waals surface area contributed by atoms with Crippen LogP contribution in [0, 0.1) is 26.0 Å². The summed E-state index contributed by atoms with van der Waals surface area (Å²) in [5.41, 5.74) is 1.62. The maximum Gasteiger partial charge on any atom is 0.308 e. The van der Waals surface area contributed by atoms with Gasteiger partial charge >= 0.3 is 5.97 Å². The molecular weight excluding hydrogens is 649 g/mol. The minimum atomic E-state index is -3.72. The fourth-order valence-corrected chi connectivity index (χ4v) is 4.57. The molecule has 0 aliphatic heterocycles. The summed E-state index contributed by atoms with van der Waals surface area (Å²) >= 11 is 0. The van der Waals surface area contributed by atoms with E-state index in [2.05, 4.69) is 19.6 Å². The third-order valence-electron chi connectivity index (χ3n) is 6.59. The topological polar surface area (TPSA) is 235 Å². The Labute approximate surface area is 270 Å². The fraction of sp³-hybridized carbons (Fsp3) is 0.536. The second-order valence-corrected chi connectivity index (χ2v) is 12.8. The van der Waals surface area contributed by atoms with E-state index < -0.39 is 63.3 Å². The van der Waals surface area contributed by atoms with Crippen molar-refractivity contribution >= 4 is 28.0 Å². The number of unbranched alkanes of at least 4 members (excludes halogenated alkanes) is 1. The van der Waals surface area contributed by atoms with Gasteiger partial charge in [0, 0.05) is 24.6 Å². The van der Waals surface area contributed by atoms with Gasteiger partial charge in [-0.25, -0.2) is 27.1 Å². The zero-order chi connectivity index (χ0) is 35.3. The van der Waals surface area contributed by atoms with Crippen molar-refractivity contribution in [3.8, 4) is 11.3 Å². The van der Waals surface area contributed by atoms with E-state index in [0.717, 1.165) is 10.6 Å². The van der Waals surface area contributed by atoms with E-state index in [1.807, 2.05) is 13.8 Å². The summed E-state index contributed by atoms with van der Waals surface area (Å²) in [7, 11) is -2.41. The van der Waals surface area contributed by atoms with Crippen LogP contribution in [0.15, 0.2) is 30.3 Å². The molecule has 0 aliphatic rings. The summed E-state index contributed by atoms with van der Waals surface area (Å²) < 4.78 is 44.1. The average Bonchev–Trinajstić information content (AvgIpc) is 2.97. The van der Waals surface area contributed by atoms with Crippen molar-refractivity contribution in [3.63, 3.8) is 0 Å². The molecule has 47 heavy (non-hydrogen) atoms. The van der Waals surface area contributed by atoms with E-state index in [-0.39, 0.29) is 49.9 Å². The molecule has 1 heterocycles. The lowest BCUT2D eigenvalue weighted by atomic mass is 9.97. The van der Waals surface area contributed by atoms with Crippen molar-refractivity contribution in [1.82, 2.24) is 9.97 Å². The minimum Gasteiger partial charge on any atom is -0.466 e. The number of sulfonamides is 1. The standard InChI is InChI=1S/C28H38FN5O12S/c1-18(2)26-24(27(19-8-10-20(29)11-9-19)31-28(30-26)32(3)47(4,42)43)13-12-21(35)15-22(36)16-25(37)44-14-6-5-7-23(46-34(40)41)17-45-33(38)39/h8-13,18,21-23,35-36H,5-7,14-17H2,1-4H3/b13-12+/t21-,22-,23-/m1/s1. The Kier molecular flexibility index (Phi) is 14.8. The lowest BCUT2D eigenvalue weighted by Crippen LogP contribution is -2.27. The molecule has 2 N–H and O–H groups in total. The lowest BCUT2D eigenvalue weighted by Gasteiger charge is -2.20. The van der Waals surface area contributed by atoms with Crippen LogP contribution in [-0.2, 0) is 29.2 Å². The van der Waals surface area contributed by atoms with Gasteiger partial charge in [-0.05, 0) is 49.4 Å². The number of nitrogens with zero attached hydrogens (tertiary/aromatic N) is 5. The number of anilines is 1. The van der Waals surface area contributed by atoms with Gasteiger partial charge in [-0.2, -0.15) is 0 Å². The molecule has 2 rings (SSSR count). The van der Waals surface area contributed by atoms with E-state index in [1.165, 1.54) is 43.5 Å². The van der Waals surface area contributed by atoms with E-state index in [0.29, 0.717) is 16.8 Å². The van der Waals surface area contributed by atoms with Crippen LogP contribution in [0.2, 0.25) is 0 Å². The van der Waals surface area contributed by atoms with Gasteiger partial charge < -0.3 is 24.6 Å². The van der Waals surface area contributed by atoms with Gasteiger partial charge in [0.2, 0.25) is 16.0 Å². The summed E-state index contributed by atoms with van der Waals surface area (Å²) in [5, 5.41) is 39.6. The number of hydrogen-bond donors (Lipinski definition) is 2. The maximum atomic E-state index is 13.7. The van der Waals surface area contributed by atoms with Crippen molar-refractivity contribution in [2.45, 2.75) is 70.2 Å². The molecule has 0 unspecified atom stereocenters. The number of rotatable bonds is 20. The van der Waals surface area contributed by atoms with Crippen LogP contribution in [0.1, 0.15) is 63.1 Å². The second-order valence-electron chi connectivity index (χ2n) is 10.8. The zero-order valence-corrected chi connectivity index (χ0v) is 27.0. The molecule has 0 saturated carbocycles. The van der Waals surface area contributed by atoms with Crippen LogP contribution in [0.4, 0.5) is 10.3 Å². The van der Waals surface area contributed by atoms with Crippen LogP contribution in [0.5, 0.6) is 0 Å². The van der Waals surface area contributed by atoms with Gasteiger partial charge in [0.05, 0.1) is 42.9 Å². The fourth-order valence-electron chi connectivity index (χ4n) is 4.19. The van der Waals surface area contributed by atoms with Crippen molar-refractivity contribution in [1.29, 1.82) is 0 Å². The lowest BCUT2D eigenvalue weighted by molar-refractivity contribution is -0.790. The molecule has 17 nitrogen and oxygen atoms in total. The molecule has 0 fully saturated rings. The Morgan fingerprint density at radius 1 is 1.11 bits per heavy atom. The molecule has 2 aromatic rings. The monoisotopic (exact) mass is 687 g/mol. The highest BCUT2D eigenvalue weighted by Gasteiger charge is 2.23. The Morgan fingerprint density at radius 3 is 2.34 bits per heavy atom. The number of benzene rings is 1. The van der Waals surface area contributed by atoms with Crippen LogP contribution >= 0.6 is 0 Å². The summed E-state index contributed by atoms with van der Waals surface area (Å²) in [6, 6.07) is 5.39. The first-order valence-electron chi connectivity index (χ1n) is 14.4. The minimum absolute atomic E-state index is 0.0249. The Morgan fingerprint density at radius 2 is 1.77 bits per heavy atom. The SMILES string of the molecule is CC(C)c1nc(N(C)S(C)(=O)=O)nc(-c2ccc(F)cc2)c1/C=C/[C@@H](O)C[C@@H](O)CC(=O)OCCCC[C@H](CO[N+](=O)[O-])O[N+](=O)[O-]. The predicted octanol–water partition coefficient (Wildman–Crippen LogP) is 2.82. The highest BCUT2D eigenvalue weighted by molar-refractivity contribution is 7.92. The van der Waals surface area contributed by atoms with Gasteiger partial charge in [0.15, 0.2) is 0 Å². The summed E-state index contributed by atoms with van der Waals surface area (Å²) in [6.07, 6.45) is 0.00850. The molecule has 0 aliphatic carbocycles. The number of hydrogen-bond acceptors (Lipinski definition) is 14. The quantitative estimate of drug-likeness (QED) is 0.0882. The van der Waals surface area contributed by atoms with Crippen molar-refractivity contribution < 1.29 is 52.4 Å². The molecule has 3 atom stereocenters. The van der Waals surface area contributed by atoms with Crippen molar-refractivity contribution in [3.05, 3.63) is 67.6 Å². The number of ether oxygens (including phenoxy) is 1. The molecular formula is C28H38FN5O12S. The first kappa shape index (κ1) is 38.7. The van der Waals surface area contributed by atoms with Gasteiger partial charge in [0.25, 0.3) is 10.2 Å². The summed E-state index contributed by atoms with van der Waals surface area (Å²) in [6.45, 7) is 2.92. The molecule has 0 spiro atoms. The Hall–Kier alpha value is -4.49. The molecule has 0 bridgehead atoms. The van der Waals surface area contributed by atoms with E-state index >= 15 is 0 Å². The highest BCUT2D eigenvalue weighted by atomic mass is 32.2. The van der Waals surface area contributed by atoms with Crippen LogP contribution in [0.3, 0.4) is 0 Å². The molecule has 0 amide bonds. The van der Waals surface area contributed by atoms with Crippen molar-refractivity contribution in [2.24, 2.45) is 0 Å². The first-order valence-corrected chi connectivity index (χ1v) is 16.2. The number of aliphatic hydroxyl groups is 2. The van der Waals surface area contributed by atoms with Gasteiger partial charge in [-0.15, -0.1) is 20.2 Å². The number of esters is 1. The molecule has 1 aromatic heterocycles. The Balaban J connectivity index is 2.06. The van der Waals surface area contributed by atoms with Crippen LogP contribution < -0.4 is 4.31 Å². The summed E-state index contributed by atoms with van der Waals surface area (Å²) in [4.78, 5) is 50.3. The van der Waals surface area contributed by atoms with Crippen LogP contribution in [-0.4, -0.2) is 89.6 Å². The second kappa shape index (κ2) is 18.0. The predicted molar refractivity (Wildman–Crippen MR) is 165 cm³/mol. The van der Waals surface area contributed by atoms with E-state index in [9.17, 15) is 48.0 Å². The number of halogens is 1. The number of aromatic nitrogens is 2. The van der Waals surface area contributed by atoms with Crippen molar-refractivity contribution in [2.75, 3.05) is 30.8 Å². The smallest absolute Gasteiger partial charge is 0.308 e. The van der Waals surface area contributed by atoms with Gasteiger partial charge in [-0.1, -0.05) is 26.0 Å². The average molecular weight is 688 g/mol. The van der Waals surface area contributed by atoms with Crippen LogP contribution in [0.25, 0.3) is 17.3 Å². The summed E-state index contributed by atoms with van der Waals surface area (Å²) in [5.74, 6) is -1.59.